The second-order valence-electron chi connectivity index (χ2n) is 10.3. The van der Waals surface area contributed by atoms with Gasteiger partial charge in [-0.1, -0.05) is 51.4 Å². The van der Waals surface area contributed by atoms with Crippen LogP contribution < -0.4 is 5.56 Å². The van der Waals surface area contributed by atoms with E-state index in [4.69, 9.17) is 16.6 Å². The van der Waals surface area contributed by atoms with Gasteiger partial charge in [0.1, 0.15) is 5.82 Å². The first-order chi connectivity index (χ1) is 15.4. The molecular weight excluding hydrogens is 434 g/mol. The number of para-hydroxylation sites is 1. The molecule has 2 unspecified atom stereocenters. The predicted octanol–water partition coefficient (Wildman–Crippen LogP) is 6.33. The van der Waals surface area contributed by atoms with Gasteiger partial charge in [0.25, 0.3) is 5.56 Å². The minimum absolute atomic E-state index is 0.0426. The van der Waals surface area contributed by atoms with Gasteiger partial charge in [-0.25, -0.2) is 4.98 Å². The van der Waals surface area contributed by atoms with Crippen LogP contribution in [-0.2, 0) is 4.79 Å². The number of hydrogen-bond donors (Lipinski definition) is 0. The zero-order valence-corrected chi connectivity index (χ0v) is 21.4. The number of hydrogen-bond acceptors (Lipinski definition) is 3. The molecule has 3 aromatic rings. The molecule has 5 nitrogen and oxygen atoms in total. The summed E-state index contributed by atoms with van der Waals surface area (Å²) in [6, 6.07) is 12.3. The number of benzene rings is 2. The second-order valence-corrected chi connectivity index (χ2v) is 10.7. The fourth-order valence-corrected chi connectivity index (χ4v) is 4.71. The van der Waals surface area contributed by atoms with E-state index in [2.05, 4.69) is 27.7 Å². The molecule has 0 radical (unpaired) electrons. The number of fused-ring (bicyclic) bond motifs is 1. The number of halogens is 1. The second kappa shape index (κ2) is 9.68. The Labute approximate surface area is 201 Å². The predicted molar refractivity (Wildman–Crippen MR) is 136 cm³/mol. The van der Waals surface area contributed by atoms with E-state index in [0.29, 0.717) is 33.9 Å². The molecule has 2 aromatic carbocycles. The third kappa shape index (κ3) is 5.64. The summed E-state index contributed by atoms with van der Waals surface area (Å²) in [5.41, 5.74) is 2.20. The lowest BCUT2D eigenvalue weighted by Gasteiger charge is -2.29. The van der Waals surface area contributed by atoms with Crippen LogP contribution in [0.5, 0.6) is 0 Å². The fourth-order valence-electron chi connectivity index (χ4n) is 4.48. The molecule has 1 amide bonds. The van der Waals surface area contributed by atoms with Crippen LogP contribution >= 0.6 is 11.6 Å². The summed E-state index contributed by atoms with van der Waals surface area (Å²) < 4.78 is 1.63. The summed E-state index contributed by atoms with van der Waals surface area (Å²) in [5.74, 6) is 0.835. The molecule has 3 rings (SSSR count). The summed E-state index contributed by atoms with van der Waals surface area (Å²) in [4.78, 5) is 33.3. The molecule has 0 saturated carbocycles. The van der Waals surface area contributed by atoms with Crippen molar-refractivity contribution < 1.29 is 4.79 Å². The van der Waals surface area contributed by atoms with Crippen LogP contribution in [0, 0.1) is 18.3 Å². The molecule has 33 heavy (non-hydrogen) atoms. The third-order valence-corrected chi connectivity index (χ3v) is 6.27. The van der Waals surface area contributed by atoms with Crippen molar-refractivity contribution in [1.29, 1.82) is 0 Å². The molecule has 0 spiro atoms. The Morgan fingerprint density at radius 3 is 2.45 bits per heavy atom. The molecule has 0 bridgehead atoms. The maximum Gasteiger partial charge on any atom is 0.266 e. The Morgan fingerprint density at radius 1 is 1.15 bits per heavy atom. The summed E-state index contributed by atoms with van der Waals surface area (Å²) in [7, 11) is 1.79. The molecule has 2 atom stereocenters. The monoisotopic (exact) mass is 467 g/mol. The van der Waals surface area contributed by atoms with Gasteiger partial charge in [-0.2, -0.15) is 0 Å². The van der Waals surface area contributed by atoms with Crippen LogP contribution in [-0.4, -0.2) is 27.4 Å². The van der Waals surface area contributed by atoms with Crippen LogP contribution in [0.3, 0.4) is 0 Å². The van der Waals surface area contributed by atoms with E-state index in [-0.39, 0.29) is 22.8 Å². The maximum absolute atomic E-state index is 13.6. The Morgan fingerprint density at radius 2 is 1.82 bits per heavy atom. The summed E-state index contributed by atoms with van der Waals surface area (Å²) in [6.45, 7) is 12.5. The van der Waals surface area contributed by atoms with Crippen molar-refractivity contribution in [3.8, 4) is 5.69 Å². The minimum atomic E-state index is -0.397. The molecule has 0 aliphatic carbocycles. The SMILES string of the molecule is Cc1cc(Cl)ccc1-n1c(C(C)N(C)C(=O)CC(C)CC(C)(C)C)nc2ccccc2c1=O. The molecule has 6 heteroatoms. The average molecular weight is 468 g/mol. The van der Waals surface area contributed by atoms with Crippen LogP contribution in [0.15, 0.2) is 47.3 Å². The molecule has 0 saturated heterocycles. The topological polar surface area (TPSA) is 55.2 Å². The highest BCUT2D eigenvalue weighted by Crippen LogP contribution is 2.29. The maximum atomic E-state index is 13.6. The fraction of sp³-hybridized carbons (Fsp3) is 0.444. The van der Waals surface area contributed by atoms with E-state index in [1.165, 1.54) is 0 Å². The number of amides is 1. The van der Waals surface area contributed by atoms with Crippen molar-refractivity contribution in [2.45, 2.75) is 60.4 Å². The van der Waals surface area contributed by atoms with E-state index in [9.17, 15) is 9.59 Å². The third-order valence-electron chi connectivity index (χ3n) is 6.03. The Hall–Kier alpha value is -2.66. The number of carbonyl (C=O) groups excluding carboxylic acids is 1. The van der Waals surface area contributed by atoms with Crippen molar-refractivity contribution in [2.24, 2.45) is 11.3 Å². The van der Waals surface area contributed by atoms with Gasteiger partial charge in [0, 0.05) is 18.5 Å². The number of carbonyl (C=O) groups is 1. The van der Waals surface area contributed by atoms with Gasteiger partial charge in [0.05, 0.1) is 22.6 Å². The van der Waals surface area contributed by atoms with Gasteiger partial charge in [0.2, 0.25) is 5.91 Å². The molecule has 0 aliphatic rings. The number of aromatic nitrogens is 2. The number of rotatable bonds is 6. The first-order valence-electron chi connectivity index (χ1n) is 11.4. The van der Waals surface area contributed by atoms with Crippen molar-refractivity contribution in [1.82, 2.24) is 14.5 Å². The number of aryl methyl sites for hydroxylation is 1. The molecular formula is C27H34ClN3O2. The lowest BCUT2D eigenvalue weighted by atomic mass is 9.84. The smallest absolute Gasteiger partial charge is 0.266 e. The summed E-state index contributed by atoms with van der Waals surface area (Å²) >= 11 is 6.17. The van der Waals surface area contributed by atoms with Gasteiger partial charge >= 0.3 is 0 Å². The lowest BCUT2D eigenvalue weighted by molar-refractivity contribution is -0.133. The normalized spacial score (nSPS) is 13.7. The molecule has 0 N–H and O–H groups in total. The van der Waals surface area contributed by atoms with Crippen LogP contribution in [0.1, 0.15) is 64.9 Å². The molecule has 176 valence electrons. The van der Waals surface area contributed by atoms with Crippen molar-refractivity contribution >= 4 is 28.4 Å². The van der Waals surface area contributed by atoms with Gasteiger partial charge < -0.3 is 4.90 Å². The van der Waals surface area contributed by atoms with Crippen LogP contribution in [0.4, 0.5) is 0 Å². The Bertz CT molecular complexity index is 1230. The van der Waals surface area contributed by atoms with Crippen LogP contribution in [0.2, 0.25) is 5.02 Å². The zero-order valence-electron chi connectivity index (χ0n) is 20.6. The summed E-state index contributed by atoms with van der Waals surface area (Å²) in [5, 5.41) is 1.14. The highest BCUT2D eigenvalue weighted by molar-refractivity contribution is 6.30. The first kappa shape index (κ1) is 25.0. The standard InChI is InChI=1S/C27H34ClN3O2/c1-17(16-27(4,5)6)14-24(32)30(7)19(3)25-29-22-11-9-8-10-21(22)26(33)31(25)23-13-12-20(28)15-18(23)2/h8-13,15,17,19H,14,16H2,1-7H3. The van der Waals surface area contributed by atoms with E-state index in [1.54, 1.807) is 28.6 Å². The van der Waals surface area contributed by atoms with Crippen LogP contribution in [0.25, 0.3) is 16.6 Å². The van der Waals surface area contributed by atoms with E-state index in [1.807, 2.05) is 44.2 Å². The molecule has 0 fully saturated rings. The molecule has 0 aliphatic heterocycles. The molecule has 1 heterocycles. The minimum Gasteiger partial charge on any atom is -0.336 e. The van der Waals surface area contributed by atoms with Gasteiger partial charge in [0.15, 0.2) is 0 Å². The van der Waals surface area contributed by atoms with Gasteiger partial charge in [-0.3, -0.25) is 14.2 Å². The largest absolute Gasteiger partial charge is 0.336 e. The average Bonchev–Trinajstić information content (AvgIpc) is 2.72. The van der Waals surface area contributed by atoms with Gasteiger partial charge in [-0.05, 0) is 67.5 Å². The highest BCUT2D eigenvalue weighted by atomic mass is 35.5. The van der Waals surface area contributed by atoms with Crippen molar-refractivity contribution in [3.63, 3.8) is 0 Å². The van der Waals surface area contributed by atoms with Gasteiger partial charge in [-0.15, -0.1) is 0 Å². The quantitative estimate of drug-likeness (QED) is 0.425. The molecule has 1 aromatic heterocycles. The Balaban J connectivity index is 2.07. The zero-order chi connectivity index (χ0) is 24.5. The van der Waals surface area contributed by atoms with Crippen molar-refractivity contribution in [2.75, 3.05) is 7.05 Å². The summed E-state index contributed by atoms with van der Waals surface area (Å²) in [6.07, 6.45) is 1.42. The van der Waals surface area contributed by atoms with E-state index < -0.39 is 6.04 Å². The van der Waals surface area contributed by atoms with Crippen molar-refractivity contribution in [3.05, 3.63) is 69.2 Å². The number of nitrogens with zero attached hydrogens (tertiary/aromatic N) is 3. The highest BCUT2D eigenvalue weighted by Gasteiger charge is 2.26. The van der Waals surface area contributed by atoms with E-state index in [0.717, 1.165) is 12.0 Å². The lowest BCUT2D eigenvalue weighted by Crippen LogP contribution is -2.35. The van der Waals surface area contributed by atoms with E-state index >= 15 is 0 Å². The Kier molecular flexibility index (Phi) is 7.32. The first-order valence-corrected chi connectivity index (χ1v) is 11.8.